The Hall–Kier alpha value is -2.31. The summed E-state index contributed by atoms with van der Waals surface area (Å²) in [6.07, 6.45) is -0.729. The summed E-state index contributed by atoms with van der Waals surface area (Å²) in [5, 5.41) is 3.88. The first-order valence-electron chi connectivity index (χ1n) is 6.25. The van der Waals surface area contributed by atoms with Gasteiger partial charge in [-0.2, -0.15) is 0 Å². The molecule has 1 amide bonds. The van der Waals surface area contributed by atoms with Crippen molar-refractivity contribution in [2.75, 3.05) is 11.9 Å². The van der Waals surface area contributed by atoms with E-state index in [2.05, 4.69) is 22.5 Å². The number of nitrogens with zero attached hydrogens (tertiary/aromatic N) is 1. The van der Waals surface area contributed by atoms with Crippen molar-refractivity contribution in [2.24, 2.45) is 0 Å². The Morgan fingerprint density at radius 1 is 1.23 bits per heavy atom. The highest BCUT2D eigenvalue weighted by molar-refractivity contribution is 7.79. The quantitative estimate of drug-likeness (QED) is 0.515. The van der Waals surface area contributed by atoms with Crippen molar-refractivity contribution >= 4 is 46.8 Å². The highest BCUT2D eigenvalue weighted by Gasteiger charge is 2.18. The number of nitrogens with one attached hydrogen (secondary N) is 1. The van der Waals surface area contributed by atoms with E-state index < -0.39 is 6.09 Å². The SMILES string of the molecule is O=C(Nc1ccc(Cl)nc1C(=O)c1ccccc1)OCC=S. The van der Waals surface area contributed by atoms with Gasteiger partial charge in [0, 0.05) is 10.9 Å². The number of aromatic nitrogens is 1. The van der Waals surface area contributed by atoms with Crippen molar-refractivity contribution in [3.8, 4) is 0 Å². The molecule has 0 bridgehead atoms. The Bertz CT molecular complexity index is 707. The second-order valence-electron chi connectivity index (χ2n) is 4.12. The Morgan fingerprint density at radius 3 is 2.64 bits per heavy atom. The van der Waals surface area contributed by atoms with Crippen molar-refractivity contribution < 1.29 is 14.3 Å². The summed E-state index contributed by atoms with van der Waals surface area (Å²) in [7, 11) is 0. The Balaban J connectivity index is 2.30. The zero-order chi connectivity index (χ0) is 15.9. The number of halogens is 1. The monoisotopic (exact) mass is 334 g/mol. The maximum atomic E-state index is 12.5. The third-order valence-electron chi connectivity index (χ3n) is 2.63. The van der Waals surface area contributed by atoms with Crippen molar-refractivity contribution in [1.29, 1.82) is 0 Å². The molecule has 0 saturated heterocycles. The number of pyridine rings is 1. The maximum absolute atomic E-state index is 12.5. The molecule has 0 fully saturated rings. The second kappa shape index (κ2) is 7.63. The molecule has 0 atom stereocenters. The van der Waals surface area contributed by atoms with Gasteiger partial charge < -0.3 is 4.74 Å². The van der Waals surface area contributed by atoms with Crippen LogP contribution in [0.1, 0.15) is 16.1 Å². The van der Waals surface area contributed by atoms with Crippen LogP contribution < -0.4 is 5.32 Å². The van der Waals surface area contributed by atoms with Gasteiger partial charge in [-0.05, 0) is 12.1 Å². The summed E-state index contributed by atoms with van der Waals surface area (Å²) < 4.78 is 4.78. The highest BCUT2D eigenvalue weighted by Crippen LogP contribution is 2.20. The van der Waals surface area contributed by atoms with Crippen LogP contribution in [0.2, 0.25) is 5.15 Å². The van der Waals surface area contributed by atoms with E-state index in [0.717, 1.165) is 0 Å². The van der Waals surface area contributed by atoms with Gasteiger partial charge in [-0.15, -0.1) is 0 Å². The zero-order valence-electron chi connectivity index (χ0n) is 11.3. The van der Waals surface area contributed by atoms with Crippen LogP contribution in [0.4, 0.5) is 10.5 Å². The smallest absolute Gasteiger partial charge is 0.412 e. The summed E-state index contributed by atoms with van der Waals surface area (Å²) in [6.45, 7) is -0.00977. The molecule has 0 spiro atoms. The van der Waals surface area contributed by atoms with Crippen LogP contribution in [0.3, 0.4) is 0 Å². The van der Waals surface area contributed by atoms with Gasteiger partial charge in [0.05, 0.1) is 5.69 Å². The maximum Gasteiger partial charge on any atom is 0.412 e. The fraction of sp³-hybridized carbons (Fsp3) is 0.0667. The number of benzene rings is 1. The third kappa shape index (κ3) is 4.09. The average Bonchev–Trinajstić information content (AvgIpc) is 2.54. The number of amides is 1. The van der Waals surface area contributed by atoms with Gasteiger partial charge in [0.1, 0.15) is 17.5 Å². The van der Waals surface area contributed by atoms with Gasteiger partial charge >= 0.3 is 6.09 Å². The lowest BCUT2D eigenvalue weighted by Gasteiger charge is -2.10. The molecule has 22 heavy (non-hydrogen) atoms. The molecule has 5 nitrogen and oxygen atoms in total. The number of ether oxygens (including phenoxy) is 1. The van der Waals surface area contributed by atoms with Crippen molar-refractivity contribution in [3.05, 3.63) is 58.9 Å². The first-order chi connectivity index (χ1) is 10.6. The molecule has 0 unspecified atom stereocenters. The van der Waals surface area contributed by atoms with Crippen molar-refractivity contribution in [2.45, 2.75) is 0 Å². The first kappa shape index (κ1) is 16.1. The molecule has 2 aromatic rings. The molecule has 0 radical (unpaired) electrons. The van der Waals surface area contributed by atoms with Gasteiger partial charge in [0.15, 0.2) is 0 Å². The van der Waals surface area contributed by atoms with E-state index in [1.165, 1.54) is 17.5 Å². The molecule has 1 N–H and O–H groups in total. The molecule has 1 aromatic heterocycles. The minimum absolute atomic E-state index is 0.00977. The molecular weight excluding hydrogens is 324 g/mol. The summed E-state index contributed by atoms with van der Waals surface area (Å²) in [6, 6.07) is 11.5. The minimum Gasteiger partial charge on any atom is -0.444 e. The highest BCUT2D eigenvalue weighted by atomic mass is 35.5. The summed E-state index contributed by atoms with van der Waals surface area (Å²) in [5.74, 6) is -0.353. The summed E-state index contributed by atoms with van der Waals surface area (Å²) >= 11 is 10.4. The van der Waals surface area contributed by atoms with Gasteiger partial charge in [0.25, 0.3) is 0 Å². The van der Waals surface area contributed by atoms with Crippen LogP contribution in [0, 0.1) is 0 Å². The molecule has 0 aliphatic heterocycles. The number of hydrogen-bond donors (Lipinski definition) is 1. The standard InChI is InChI=1S/C15H11ClN2O3S/c16-12-7-6-11(17-15(20)21-8-9-22)13(18-12)14(19)10-4-2-1-3-5-10/h1-7,9H,8H2,(H,17,20). The summed E-state index contributed by atoms with van der Waals surface area (Å²) in [4.78, 5) is 28.1. The molecule has 1 aromatic carbocycles. The molecule has 7 heteroatoms. The number of carbonyl (C=O) groups excluding carboxylic acids is 2. The lowest BCUT2D eigenvalue weighted by molar-refractivity contribution is 0.103. The van der Waals surface area contributed by atoms with Crippen LogP contribution in [0.15, 0.2) is 42.5 Å². The van der Waals surface area contributed by atoms with Gasteiger partial charge in [0.2, 0.25) is 5.78 Å². The van der Waals surface area contributed by atoms with E-state index in [-0.39, 0.29) is 28.9 Å². The first-order valence-corrected chi connectivity index (χ1v) is 7.10. The number of rotatable bonds is 5. The number of anilines is 1. The van der Waals surface area contributed by atoms with E-state index >= 15 is 0 Å². The molecule has 112 valence electrons. The topological polar surface area (TPSA) is 68.3 Å². The fourth-order valence-electron chi connectivity index (χ4n) is 1.69. The average molecular weight is 335 g/mol. The van der Waals surface area contributed by atoms with E-state index in [1.807, 2.05) is 0 Å². The molecule has 0 aliphatic rings. The normalized spacial score (nSPS) is 9.86. The zero-order valence-corrected chi connectivity index (χ0v) is 12.9. The molecular formula is C15H11ClN2O3S. The van der Waals surface area contributed by atoms with Gasteiger partial charge in [-0.25, -0.2) is 9.78 Å². The van der Waals surface area contributed by atoms with Crippen LogP contribution in [0.25, 0.3) is 0 Å². The number of thiocarbonyl (C=S) groups is 1. The molecule has 0 saturated carbocycles. The predicted molar refractivity (Wildman–Crippen MR) is 87.7 cm³/mol. The van der Waals surface area contributed by atoms with Gasteiger partial charge in [-0.1, -0.05) is 54.2 Å². The lowest BCUT2D eigenvalue weighted by atomic mass is 10.1. The van der Waals surface area contributed by atoms with Crippen LogP contribution in [-0.2, 0) is 4.74 Å². The second-order valence-corrected chi connectivity index (χ2v) is 4.84. The van der Waals surface area contributed by atoms with Gasteiger partial charge in [-0.3, -0.25) is 10.1 Å². The third-order valence-corrected chi connectivity index (χ3v) is 2.98. The lowest BCUT2D eigenvalue weighted by Crippen LogP contribution is -2.18. The minimum atomic E-state index is -0.729. The Labute approximate surface area is 137 Å². The van der Waals surface area contributed by atoms with Crippen molar-refractivity contribution in [3.63, 3.8) is 0 Å². The van der Waals surface area contributed by atoms with E-state index in [9.17, 15) is 9.59 Å². The Morgan fingerprint density at radius 2 is 1.95 bits per heavy atom. The Kier molecular flexibility index (Phi) is 5.57. The molecule has 1 heterocycles. The number of hydrogen-bond acceptors (Lipinski definition) is 5. The van der Waals surface area contributed by atoms with Crippen molar-refractivity contribution in [1.82, 2.24) is 4.98 Å². The molecule has 0 aliphatic carbocycles. The molecule has 2 rings (SSSR count). The largest absolute Gasteiger partial charge is 0.444 e. The van der Waals surface area contributed by atoms with Crippen LogP contribution >= 0.6 is 23.8 Å². The fourth-order valence-corrected chi connectivity index (χ4v) is 1.91. The van der Waals surface area contributed by atoms with Crippen LogP contribution in [0.5, 0.6) is 0 Å². The predicted octanol–water partition coefficient (Wildman–Crippen LogP) is 3.51. The van der Waals surface area contributed by atoms with E-state index in [0.29, 0.717) is 5.56 Å². The number of carbonyl (C=O) groups is 2. The van der Waals surface area contributed by atoms with E-state index in [4.69, 9.17) is 16.3 Å². The van der Waals surface area contributed by atoms with E-state index in [1.54, 1.807) is 30.3 Å². The summed E-state index contributed by atoms with van der Waals surface area (Å²) in [5.41, 5.74) is 0.693. The van der Waals surface area contributed by atoms with Crippen LogP contribution in [-0.4, -0.2) is 28.8 Å². The number of ketones is 1.